The second-order valence-corrected chi connectivity index (χ2v) is 4.88. The zero-order valence-corrected chi connectivity index (χ0v) is 9.85. The molecular weight excluding hydrogens is 208 g/mol. The number of nitrogens with two attached hydrogens (primary N) is 1. The molecule has 0 aromatic rings. The number of amides is 1. The highest BCUT2D eigenvalue weighted by Gasteiger charge is 2.40. The summed E-state index contributed by atoms with van der Waals surface area (Å²) in [6.45, 7) is 4.97. The van der Waals surface area contributed by atoms with Crippen LogP contribution in [0.15, 0.2) is 0 Å². The number of hydrogen-bond acceptors (Lipinski definition) is 3. The molecule has 0 radical (unpaired) electrons. The third-order valence-corrected chi connectivity index (χ3v) is 2.98. The molecule has 1 saturated carbocycles. The fraction of sp³-hybridized carbons (Fsp3) is 0.818. The molecule has 3 N–H and O–H groups in total. The summed E-state index contributed by atoms with van der Waals surface area (Å²) in [5.74, 6) is -1.10. The maximum atomic E-state index is 10.9. The molecule has 0 bridgehead atoms. The molecule has 0 saturated heterocycles. The predicted octanol–water partition coefficient (Wildman–Crippen LogP) is 0.293. The Morgan fingerprint density at radius 2 is 2.06 bits per heavy atom. The van der Waals surface area contributed by atoms with E-state index in [1.165, 1.54) is 0 Å². The van der Waals surface area contributed by atoms with Crippen LogP contribution in [0.2, 0.25) is 0 Å². The molecule has 5 nitrogen and oxygen atoms in total. The van der Waals surface area contributed by atoms with Crippen molar-refractivity contribution < 1.29 is 14.7 Å². The van der Waals surface area contributed by atoms with Gasteiger partial charge in [0.1, 0.15) is 0 Å². The minimum Gasteiger partial charge on any atom is -0.481 e. The molecule has 0 heterocycles. The van der Waals surface area contributed by atoms with Gasteiger partial charge in [0.25, 0.3) is 0 Å². The van der Waals surface area contributed by atoms with Gasteiger partial charge in [-0.3, -0.25) is 14.5 Å². The Balaban J connectivity index is 2.61. The molecule has 5 heteroatoms. The largest absolute Gasteiger partial charge is 0.481 e. The van der Waals surface area contributed by atoms with E-state index in [1.54, 1.807) is 0 Å². The van der Waals surface area contributed by atoms with E-state index in [0.29, 0.717) is 12.3 Å². The number of nitrogens with zero attached hydrogens (tertiary/aromatic N) is 1. The maximum Gasteiger partial charge on any atom is 0.308 e. The molecule has 1 amide bonds. The van der Waals surface area contributed by atoms with Crippen molar-refractivity contribution in [2.75, 3.05) is 13.1 Å². The number of hydrogen-bond donors (Lipinski definition) is 2. The molecule has 2 unspecified atom stereocenters. The van der Waals surface area contributed by atoms with E-state index in [9.17, 15) is 9.59 Å². The molecule has 1 aliphatic rings. The summed E-state index contributed by atoms with van der Waals surface area (Å²) in [6, 6.07) is -0.0209. The Bertz CT molecular complexity index is 278. The first-order valence-electron chi connectivity index (χ1n) is 5.67. The number of carbonyl (C=O) groups excluding carboxylic acids is 1. The highest BCUT2D eigenvalue weighted by Crippen LogP contribution is 2.32. The van der Waals surface area contributed by atoms with Gasteiger partial charge >= 0.3 is 5.97 Å². The maximum absolute atomic E-state index is 10.9. The predicted molar refractivity (Wildman–Crippen MR) is 59.8 cm³/mol. The summed E-state index contributed by atoms with van der Waals surface area (Å²) in [6.07, 6.45) is 1.55. The summed E-state index contributed by atoms with van der Waals surface area (Å²) in [7, 11) is 0. The van der Waals surface area contributed by atoms with E-state index in [-0.39, 0.29) is 18.5 Å². The van der Waals surface area contributed by atoms with Gasteiger partial charge in [-0.1, -0.05) is 13.8 Å². The Labute approximate surface area is 95.6 Å². The standard InChI is InChI=1S/C11H20N2O3/c1-7(2)5-13(6-10(12)14)9-4-3-8(9)11(15)16/h7-9H,3-6H2,1-2H3,(H2,12,14)(H,15,16). The lowest BCUT2D eigenvalue weighted by molar-refractivity contribution is -0.150. The van der Waals surface area contributed by atoms with Crippen LogP contribution in [0.3, 0.4) is 0 Å². The van der Waals surface area contributed by atoms with Gasteiger partial charge in [-0.15, -0.1) is 0 Å². The number of carbonyl (C=O) groups is 2. The lowest BCUT2D eigenvalue weighted by Crippen LogP contribution is -2.53. The van der Waals surface area contributed by atoms with Crippen LogP contribution < -0.4 is 5.73 Å². The minimum absolute atomic E-state index is 0.0209. The normalized spacial score (nSPS) is 24.5. The lowest BCUT2D eigenvalue weighted by atomic mass is 9.78. The van der Waals surface area contributed by atoms with E-state index < -0.39 is 11.9 Å². The van der Waals surface area contributed by atoms with Crippen molar-refractivity contribution in [2.24, 2.45) is 17.6 Å². The molecule has 1 aliphatic carbocycles. The minimum atomic E-state index is -0.769. The molecule has 0 spiro atoms. The Morgan fingerprint density at radius 1 is 1.44 bits per heavy atom. The number of primary amides is 1. The van der Waals surface area contributed by atoms with Crippen molar-refractivity contribution in [2.45, 2.75) is 32.7 Å². The summed E-state index contributed by atoms with van der Waals surface area (Å²) in [5, 5.41) is 8.98. The summed E-state index contributed by atoms with van der Waals surface area (Å²) in [4.78, 5) is 23.8. The van der Waals surface area contributed by atoms with E-state index in [1.807, 2.05) is 18.7 Å². The van der Waals surface area contributed by atoms with Gasteiger partial charge in [-0.2, -0.15) is 0 Å². The third kappa shape index (κ3) is 3.20. The van der Waals surface area contributed by atoms with E-state index in [4.69, 9.17) is 10.8 Å². The number of carboxylic acid groups (broad SMARTS) is 1. The van der Waals surface area contributed by atoms with Gasteiger partial charge in [0.05, 0.1) is 12.5 Å². The first kappa shape index (κ1) is 13.0. The van der Waals surface area contributed by atoms with Gasteiger partial charge in [-0.25, -0.2) is 0 Å². The highest BCUT2D eigenvalue weighted by atomic mass is 16.4. The third-order valence-electron chi connectivity index (χ3n) is 2.98. The SMILES string of the molecule is CC(C)CN(CC(N)=O)C1CCC1C(=O)O. The quantitative estimate of drug-likeness (QED) is 0.684. The lowest BCUT2D eigenvalue weighted by Gasteiger charge is -2.42. The van der Waals surface area contributed by atoms with Crippen molar-refractivity contribution in [1.29, 1.82) is 0 Å². The second-order valence-electron chi connectivity index (χ2n) is 4.88. The van der Waals surface area contributed by atoms with Crippen LogP contribution in [0.5, 0.6) is 0 Å². The van der Waals surface area contributed by atoms with Crippen LogP contribution in [0.25, 0.3) is 0 Å². The van der Waals surface area contributed by atoms with Crippen molar-refractivity contribution in [3.63, 3.8) is 0 Å². The number of aliphatic carboxylic acids is 1. The van der Waals surface area contributed by atoms with Crippen LogP contribution in [0.4, 0.5) is 0 Å². The summed E-state index contributed by atoms with van der Waals surface area (Å²) < 4.78 is 0. The molecule has 0 aromatic heterocycles. The molecular formula is C11H20N2O3. The van der Waals surface area contributed by atoms with Crippen molar-refractivity contribution in [3.05, 3.63) is 0 Å². The second kappa shape index (κ2) is 5.30. The molecule has 2 atom stereocenters. The van der Waals surface area contributed by atoms with Gasteiger partial charge in [0.2, 0.25) is 5.91 Å². The van der Waals surface area contributed by atoms with E-state index in [2.05, 4.69) is 0 Å². The Kier molecular flexibility index (Phi) is 4.29. The average Bonchev–Trinajstić information content (AvgIpc) is 1.96. The first-order valence-corrected chi connectivity index (χ1v) is 5.67. The van der Waals surface area contributed by atoms with Gasteiger partial charge in [0, 0.05) is 12.6 Å². The number of rotatable bonds is 6. The van der Waals surface area contributed by atoms with Gasteiger partial charge in [0.15, 0.2) is 0 Å². The number of carboxylic acids is 1. The topological polar surface area (TPSA) is 83.6 Å². The first-order chi connectivity index (χ1) is 7.41. The monoisotopic (exact) mass is 228 g/mol. The van der Waals surface area contributed by atoms with Crippen LogP contribution in [0.1, 0.15) is 26.7 Å². The zero-order valence-electron chi connectivity index (χ0n) is 9.85. The fourth-order valence-electron chi connectivity index (χ4n) is 2.19. The molecule has 16 heavy (non-hydrogen) atoms. The van der Waals surface area contributed by atoms with Crippen molar-refractivity contribution in [3.8, 4) is 0 Å². The summed E-state index contributed by atoms with van der Waals surface area (Å²) in [5.41, 5.74) is 5.18. The Hall–Kier alpha value is -1.10. The zero-order chi connectivity index (χ0) is 12.3. The molecule has 0 aliphatic heterocycles. The highest BCUT2D eigenvalue weighted by molar-refractivity contribution is 5.76. The van der Waals surface area contributed by atoms with Crippen molar-refractivity contribution >= 4 is 11.9 Å². The molecule has 92 valence electrons. The summed E-state index contributed by atoms with van der Waals surface area (Å²) >= 11 is 0. The molecule has 1 fully saturated rings. The van der Waals surface area contributed by atoms with E-state index >= 15 is 0 Å². The van der Waals surface area contributed by atoms with Gasteiger partial charge < -0.3 is 10.8 Å². The van der Waals surface area contributed by atoms with Crippen molar-refractivity contribution in [1.82, 2.24) is 4.90 Å². The fourth-order valence-corrected chi connectivity index (χ4v) is 2.19. The van der Waals surface area contributed by atoms with Crippen LogP contribution in [0, 0.1) is 11.8 Å². The smallest absolute Gasteiger partial charge is 0.308 e. The molecule has 1 rings (SSSR count). The molecule has 0 aromatic carbocycles. The average molecular weight is 228 g/mol. The van der Waals surface area contributed by atoms with Gasteiger partial charge in [-0.05, 0) is 18.8 Å². The van der Waals surface area contributed by atoms with Crippen LogP contribution in [-0.4, -0.2) is 41.0 Å². The van der Waals surface area contributed by atoms with E-state index in [0.717, 1.165) is 13.0 Å². The Morgan fingerprint density at radius 3 is 2.38 bits per heavy atom. The van der Waals surface area contributed by atoms with Crippen LogP contribution in [-0.2, 0) is 9.59 Å². The van der Waals surface area contributed by atoms with Crippen LogP contribution >= 0.6 is 0 Å².